The third kappa shape index (κ3) is 3.39. The van der Waals surface area contributed by atoms with Gasteiger partial charge in [-0.2, -0.15) is 0 Å². The number of nitrogens with two attached hydrogens (primary N) is 1. The van der Waals surface area contributed by atoms with Crippen LogP contribution < -0.4 is 15.4 Å². The number of hydrogen-bond donors (Lipinski definition) is 3. The molecule has 0 saturated heterocycles. The second-order valence-corrected chi connectivity index (χ2v) is 7.44. The number of carbonyl (C=O) groups is 1. The first kappa shape index (κ1) is 17.1. The van der Waals surface area contributed by atoms with Crippen molar-refractivity contribution in [3.63, 3.8) is 0 Å². The summed E-state index contributed by atoms with van der Waals surface area (Å²) in [7, 11) is -4.00. The average Bonchev–Trinajstić information content (AvgIpc) is 2.54. The minimum atomic E-state index is -4.00. The molecule has 2 heterocycles. The van der Waals surface area contributed by atoms with Gasteiger partial charge < -0.3 is 10.8 Å². The van der Waals surface area contributed by atoms with E-state index in [0.29, 0.717) is 12.1 Å². The van der Waals surface area contributed by atoms with E-state index in [9.17, 15) is 17.6 Å². The zero-order valence-electron chi connectivity index (χ0n) is 12.9. The van der Waals surface area contributed by atoms with Gasteiger partial charge in [-0.1, -0.05) is 0 Å². The fourth-order valence-corrected chi connectivity index (χ4v) is 4.17. The Hall–Kier alpha value is -2.72. The maximum atomic E-state index is 13.1. The highest BCUT2D eigenvalue weighted by Gasteiger charge is 2.33. The third-order valence-electron chi connectivity index (χ3n) is 3.72. The smallest absolute Gasteiger partial charge is 0.409 e. The average molecular weight is 366 g/mol. The lowest BCUT2D eigenvalue weighted by molar-refractivity contribution is 0.209. The fraction of sp³-hybridized carbons (Fsp3) is 0.200. The van der Waals surface area contributed by atoms with Gasteiger partial charge in [0.1, 0.15) is 5.82 Å². The second-order valence-electron chi connectivity index (χ2n) is 5.57. The van der Waals surface area contributed by atoms with Crippen LogP contribution in [0.25, 0.3) is 0 Å². The van der Waals surface area contributed by atoms with Crippen molar-refractivity contribution in [2.75, 3.05) is 16.2 Å². The van der Waals surface area contributed by atoms with Gasteiger partial charge in [0, 0.05) is 19.0 Å². The largest absolute Gasteiger partial charge is 0.465 e. The Morgan fingerprint density at radius 3 is 2.68 bits per heavy atom. The number of nitrogens with zero attached hydrogens (tertiary/aromatic N) is 2. The van der Waals surface area contributed by atoms with E-state index in [1.54, 1.807) is 0 Å². The molecular weight excluding hydrogens is 351 g/mol. The van der Waals surface area contributed by atoms with Gasteiger partial charge in [-0.3, -0.25) is 14.6 Å². The van der Waals surface area contributed by atoms with Crippen molar-refractivity contribution in [3.05, 3.63) is 48.0 Å². The molecule has 0 saturated carbocycles. The first-order valence-corrected chi connectivity index (χ1v) is 8.74. The first-order valence-electron chi connectivity index (χ1n) is 7.30. The number of hydrogen-bond acceptors (Lipinski definition) is 5. The minimum absolute atomic E-state index is 0.00488. The van der Waals surface area contributed by atoms with Crippen LogP contribution >= 0.6 is 0 Å². The van der Waals surface area contributed by atoms with Crippen LogP contribution in [0.2, 0.25) is 0 Å². The van der Waals surface area contributed by atoms with Crippen molar-refractivity contribution < 1.29 is 22.7 Å². The Kier molecular flexibility index (Phi) is 4.31. The van der Waals surface area contributed by atoms with Gasteiger partial charge in [0.05, 0.1) is 28.2 Å². The topological polar surface area (TPSA) is 126 Å². The monoisotopic (exact) mass is 366 g/mol. The molecule has 2 aromatic rings. The molecule has 0 fully saturated rings. The van der Waals surface area contributed by atoms with E-state index in [-0.39, 0.29) is 22.8 Å². The molecule has 1 aliphatic rings. The Morgan fingerprint density at radius 2 is 2.04 bits per heavy atom. The number of amides is 1. The van der Waals surface area contributed by atoms with Gasteiger partial charge >= 0.3 is 6.09 Å². The van der Waals surface area contributed by atoms with Crippen LogP contribution in [0.3, 0.4) is 0 Å². The standard InChI is InChI=1S/C15H15FN4O4S/c16-9-1-3-12(4-2-9)25(23,24)20-8-10(17)5-13-14(20)6-11(7-18-13)19-15(21)22/h1-4,6-7,10,19H,5,8,17H2,(H,21,22). The number of fused-ring (bicyclic) bond motifs is 1. The number of nitrogens with one attached hydrogen (secondary N) is 1. The van der Waals surface area contributed by atoms with E-state index in [2.05, 4.69) is 10.3 Å². The number of halogens is 1. The highest BCUT2D eigenvalue weighted by atomic mass is 32.2. The molecule has 0 aliphatic carbocycles. The summed E-state index contributed by atoms with van der Waals surface area (Å²) in [5.41, 5.74) is 6.77. The molecule has 4 N–H and O–H groups in total. The van der Waals surface area contributed by atoms with Gasteiger partial charge in [0.15, 0.2) is 0 Å². The zero-order valence-corrected chi connectivity index (χ0v) is 13.7. The Balaban J connectivity index is 2.08. The number of rotatable bonds is 3. The number of sulfonamides is 1. The number of benzene rings is 1. The summed E-state index contributed by atoms with van der Waals surface area (Å²) in [6, 6.07) is 5.36. The molecule has 10 heteroatoms. The second kappa shape index (κ2) is 6.30. The maximum Gasteiger partial charge on any atom is 0.409 e. The van der Waals surface area contributed by atoms with E-state index in [1.165, 1.54) is 12.3 Å². The molecule has 1 unspecified atom stereocenters. The highest BCUT2D eigenvalue weighted by Crippen LogP contribution is 2.32. The van der Waals surface area contributed by atoms with Crippen molar-refractivity contribution in [1.82, 2.24) is 4.98 Å². The van der Waals surface area contributed by atoms with Crippen LogP contribution in [-0.4, -0.2) is 37.2 Å². The molecule has 0 bridgehead atoms. The van der Waals surface area contributed by atoms with Crippen molar-refractivity contribution in [1.29, 1.82) is 0 Å². The van der Waals surface area contributed by atoms with Gasteiger partial charge in [0.2, 0.25) is 0 Å². The molecule has 1 atom stereocenters. The van der Waals surface area contributed by atoms with Gasteiger partial charge in [-0.15, -0.1) is 0 Å². The summed E-state index contributed by atoms with van der Waals surface area (Å²) in [5.74, 6) is -0.552. The summed E-state index contributed by atoms with van der Waals surface area (Å²) < 4.78 is 40.0. The molecule has 8 nitrogen and oxygen atoms in total. The Morgan fingerprint density at radius 1 is 1.36 bits per heavy atom. The lowest BCUT2D eigenvalue weighted by atomic mass is 10.1. The summed E-state index contributed by atoms with van der Waals surface area (Å²) in [4.78, 5) is 14.8. The van der Waals surface area contributed by atoms with Gasteiger partial charge in [0.25, 0.3) is 10.0 Å². The van der Waals surface area contributed by atoms with Crippen molar-refractivity contribution in [2.45, 2.75) is 17.4 Å². The number of carboxylic acid groups (broad SMARTS) is 1. The van der Waals surface area contributed by atoms with Gasteiger partial charge in [-0.25, -0.2) is 17.6 Å². The lowest BCUT2D eigenvalue weighted by Gasteiger charge is -2.33. The predicted octanol–water partition coefficient (Wildman–Crippen LogP) is 1.39. The number of pyridine rings is 1. The Bertz CT molecular complexity index is 918. The van der Waals surface area contributed by atoms with E-state index < -0.39 is 28.0 Å². The van der Waals surface area contributed by atoms with Gasteiger partial charge in [-0.05, 0) is 30.3 Å². The van der Waals surface area contributed by atoms with Crippen molar-refractivity contribution in [3.8, 4) is 0 Å². The van der Waals surface area contributed by atoms with E-state index in [4.69, 9.17) is 10.8 Å². The molecule has 1 aromatic carbocycles. The van der Waals surface area contributed by atoms with E-state index in [0.717, 1.165) is 28.6 Å². The van der Waals surface area contributed by atoms with Crippen LogP contribution in [0.15, 0.2) is 41.4 Å². The van der Waals surface area contributed by atoms with Crippen LogP contribution in [-0.2, 0) is 16.4 Å². The molecule has 25 heavy (non-hydrogen) atoms. The lowest BCUT2D eigenvalue weighted by Crippen LogP contribution is -2.46. The summed E-state index contributed by atoms with van der Waals surface area (Å²) in [6.07, 6.45) is 0.369. The first-order chi connectivity index (χ1) is 11.8. The molecule has 0 radical (unpaired) electrons. The minimum Gasteiger partial charge on any atom is -0.465 e. The fourth-order valence-electron chi connectivity index (χ4n) is 2.63. The van der Waals surface area contributed by atoms with Crippen LogP contribution in [0.1, 0.15) is 5.69 Å². The van der Waals surface area contributed by atoms with Crippen LogP contribution in [0.4, 0.5) is 20.6 Å². The Labute approximate surface area is 143 Å². The number of aromatic nitrogens is 1. The normalized spacial score (nSPS) is 17.0. The SMILES string of the molecule is NC1Cc2ncc(NC(=O)O)cc2N(S(=O)(=O)c2ccc(F)cc2)C1. The van der Waals surface area contributed by atoms with Crippen molar-refractivity contribution >= 4 is 27.5 Å². The molecule has 1 amide bonds. The predicted molar refractivity (Wildman–Crippen MR) is 88.5 cm³/mol. The molecule has 1 aliphatic heterocycles. The molecular formula is C15H15FN4O4S. The van der Waals surface area contributed by atoms with E-state index in [1.807, 2.05) is 0 Å². The highest BCUT2D eigenvalue weighted by molar-refractivity contribution is 7.92. The maximum absolute atomic E-state index is 13.1. The van der Waals surface area contributed by atoms with Crippen molar-refractivity contribution in [2.24, 2.45) is 5.73 Å². The molecule has 1 aromatic heterocycles. The molecule has 132 valence electrons. The summed E-state index contributed by atoms with van der Waals surface area (Å²) in [5, 5.41) is 11.0. The zero-order chi connectivity index (χ0) is 18.2. The van der Waals surface area contributed by atoms with Crippen LogP contribution in [0.5, 0.6) is 0 Å². The number of anilines is 2. The molecule has 3 rings (SSSR count). The van der Waals surface area contributed by atoms with Crippen LogP contribution in [0, 0.1) is 5.82 Å². The quantitative estimate of drug-likeness (QED) is 0.754. The summed E-state index contributed by atoms with van der Waals surface area (Å²) >= 11 is 0. The third-order valence-corrected chi connectivity index (χ3v) is 5.52. The summed E-state index contributed by atoms with van der Waals surface area (Å²) in [6.45, 7) is 0.00488. The molecule has 0 spiro atoms. The van der Waals surface area contributed by atoms with E-state index >= 15 is 0 Å².